The number of esters is 1. The van der Waals surface area contributed by atoms with Crippen LogP contribution < -0.4 is 4.74 Å². The first-order valence-corrected chi connectivity index (χ1v) is 7.84. The molecule has 0 aromatic heterocycles. The second-order valence-corrected chi connectivity index (χ2v) is 4.86. The maximum atomic E-state index is 12.1. The van der Waals surface area contributed by atoms with Gasteiger partial charge in [-0.05, 0) is 31.6 Å². The van der Waals surface area contributed by atoms with Crippen molar-refractivity contribution in [2.24, 2.45) is 0 Å². The van der Waals surface area contributed by atoms with Gasteiger partial charge in [0.2, 0.25) is 0 Å². The summed E-state index contributed by atoms with van der Waals surface area (Å²) in [4.78, 5) is 14.4. The van der Waals surface area contributed by atoms with Crippen LogP contribution in [0.4, 0.5) is 0 Å². The summed E-state index contributed by atoms with van der Waals surface area (Å²) in [5.74, 6) is 0.299. The molecule has 0 amide bonds. The highest BCUT2D eigenvalue weighted by atomic mass is 16.5. The van der Waals surface area contributed by atoms with E-state index in [0.29, 0.717) is 24.5 Å². The SMILES string of the molecule is CCCCOc1ccccc1C(=O)OCCN(CC)CC. The number of ether oxygens (including phenoxy) is 2. The first-order chi connectivity index (χ1) is 10.2. The van der Waals surface area contributed by atoms with Crippen LogP contribution in [-0.4, -0.2) is 43.7 Å². The number of carbonyl (C=O) groups is 1. The number of nitrogens with zero attached hydrogens (tertiary/aromatic N) is 1. The normalized spacial score (nSPS) is 10.7. The van der Waals surface area contributed by atoms with E-state index in [9.17, 15) is 4.79 Å². The average molecular weight is 293 g/mol. The van der Waals surface area contributed by atoms with Crippen LogP contribution in [0, 0.1) is 0 Å². The molecule has 0 atom stereocenters. The smallest absolute Gasteiger partial charge is 0.341 e. The van der Waals surface area contributed by atoms with Crippen molar-refractivity contribution in [3.8, 4) is 5.75 Å². The van der Waals surface area contributed by atoms with Gasteiger partial charge in [0.05, 0.1) is 6.61 Å². The summed E-state index contributed by atoms with van der Waals surface area (Å²) in [7, 11) is 0. The number of benzene rings is 1. The number of para-hydroxylation sites is 1. The van der Waals surface area contributed by atoms with Crippen LogP contribution in [0.3, 0.4) is 0 Å². The van der Waals surface area contributed by atoms with E-state index in [1.807, 2.05) is 18.2 Å². The first-order valence-electron chi connectivity index (χ1n) is 7.84. The first kappa shape index (κ1) is 17.5. The predicted octanol–water partition coefficient (Wildman–Crippen LogP) is 3.36. The van der Waals surface area contributed by atoms with Gasteiger partial charge in [-0.1, -0.05) is 39.3 Å². The lowest BCUT2D eigenvalue weighted by Crippen LogP contribution is -2.28. The zero-order chi connectivity index (χ0) is 15.5. The van der Waals surface area contributed by atoms with E-state index in [0.717, 1.165) is 32.5 Å². The van der Waals surface area contributed by atoms with E-state index >= 15 is 0 Å². The Morgan fingerprint density at radius 3 is 2.48 bits per heavy atom. The molecule has 0 saturated heterocycles. The second-order valence-electron chi connectivity index (χ2n) is 4.86. The van der Waals surface area contributed by atoms with Crippen molar-refractivity contribution in [1.29, 1.82) is 0 Å². The molecule has 0 saturated carbocycles. The monoisotopic (exact) mass is 293 g/mol. The summed E-state index contributed by atoms with van der Waals surface area (Å²) in [6.07, 6.45) is 2.04. The molecule has 0 aliphatic heterocycles. The van der Waals surface area contributed by atoms with E-state index < -0.39 is 0 Å². The van der Waals surface area contributed by atoms with Crippen molar-refractivity contribution >= 4 is 5.97 Å². The molecule has 0 aliphatic carbocycles. The lowest BCUT2D eigenvalue weighted by Gasteiger charge is -2.17. The third-order valence-electron chi connectivity index (χ3n) is 3.40. The molecule has 0 N–H and O–H groups in total. The van der Waals surface area contributed by atoms with Gasteiger partial charge < -0.3 is 14.4 Å². The predicted molar refractivity (Wildman–Crippen MR) is 84.9 cm³/mol. The Morgan fingerprint density at radius 1 is 1.10 bits per heavy atom. The van der Waals surface area contributed by atoms with Gasteiger partial charge in [-0.2, -0.15) is 0 Å². The number of rotatable bonds is 10. The summed E-state index contributed by atoms with van der Waals surface area (Å²) in [6, 6.07) is 7.26. The Balaban J connectivity index is 2.53. The minimum atomic E-state index is -0.311. The number of likely N-dealkylation sites (N-methyl/N-ethyl adjacent to an activating group) is 1. The zero-order valence-electron chi connectivity index (χ0n) is 13.4. The molecule has 0 heterocycles. The standard InChI is InChI=1S/C17H27NO3/c1-4-7-13-20-16-11-9-8-10-15(16)17(19)21-14-12-18(5-2)6-3/h8-11H,4-7,12-14H2,1-3H3. The molecular weight excluding hydrogens is 266 g/mol. The lowest BCUT2D eigenvalue weighted by atomic mass is 10.2. The summed E-state index contributed by atoms with van der Waals surface area (Å²) in [5, 5.41) is 0. The van der Waals surface area contributed by atoms with Crippen LogP contribution in [0.25, 0.3) is 0 Å². The quantitative estimate of drug-likeness (QED) is 0.490. The maximum absolute atomic E-state index is 12.1. The molecule has 4 heteroatoms. The number of unbranched alkanes of at least 4 members (excludes halogenated alkanes) is 1. The Morgan fingerprint density at radius 2 is 1.81 bits per heavy atom. The summed E-state index contributed by atoms with van der Waals surface area (Å²) in [5.41, 5.74) is 0.508. The van der Waals surface area contributed by atoms with Gasteiger partial charge >= 0.3 is 5.97 Å². The van der Waals surface area contributed by atoms with Crippen LogP contribution in [0.2, 0.25) is 0 Å². The van der Waals surface area contributed by atoms with Gasteiger partial charge in [-0.3, -0.25) is 0 Å². The molecule has 0 radical (unpaired) electrons. The van der Waals surface area contributed by atoms with Gasteiger partial charge in [-0.25, -0.2) is 4.79 Å². The maximum Gasteiger partial charge on any atom is 0.341 e. The Labute approximate surface area is 128 Å². The Bertz CT molecular complexity index is 416. The molecule has 4 nitrogen and oxygen atoms in total. The molecule has 1 aromatic rings. The Hall–Kier alpha value is -1.55. The third kappa shape index (κ3) is 6.17. The van der Waals surface area contributed by atoms with Crippen LogP contribution >= 0.6 is 0 Å². The average Bonchev–Trinajstić information content (AvgIpc) is 2.52. The van der Waals surface area contributed by atoms with Gasteiger partial charge in [0.25, 0.3) is 0 Å². The second kappa shape index (κ2) is 10.2. The minimum absolute atomic E-state index is 0.311. The van der Waals surface area contributed by atoms with Gasteiger partial charge in [-0.15, -0.1) is 0 Å². The summed E-state index contributed by atoms with van der Waals surface area (Å²) in [6.45, 7) is 10.0. The van der Waals surface area contributed by atoms with Gasteiger partial charge in [0, 0.05) is 6.54 Å². The van der Waals surface area contributed by atoms with Crippen molar-refractivity contribution in [3.05, 3.63) is 29.8 Å². The molecule has 21 heavy (non-hydrogen) atoms. The summed E-state index contributed by atoms with van der Waals surface area (Å²) >= 11 is 0. The van der Waals surface area contributed by atoms with Crippen LogP contribution in [0.15, 0.2) is 24.3 Å². The van der Waals surface area contributed by atoms with Crippen LogP contribution in [0.5, 0.6) is 5.75 Å². The third-order valence-corrected chi connectivity index (χ3v) is 3.40. The number of hydrogen-bond donors (Lipinski definition) is 0. The fourth-order valence-corrected chi connectivity index (χ4v) is 1.97. The van der Waals surface area contributed by atoms with E-state index in [-0.39, 0.29) is 5.97 Å². The molecule has 0 bridgehead atoms. The van der Waals surface area contributed by atoms with Crippen molar-refractivity contribution in [2.45, 2.75) is 33.6 Å². The van der Waals surface area contributed by atoms with Crippen molar-refractivity contribution in [3.63, 3.8) is 0 Å². The van der Waals surface area contributed by atoms with E-state index in [2.05, 4.69) is 25.7 Å². The minimum Gasteiger partial charge on any atom is -0.493 e. The van der Waals surface area contributed by atoms with E-state index in [4.69, 9.17) is 9.47 Å². The molecular formula is C17H27NO3. The fraction of sp³-hybridized carbons (Fsp3) is 0.588. The van der Waals surface area contributed by atoms with Crippen LogP contribution in [0.1, 0.15) is 44.0 Å². The largest absolute Gasteiger partial charge is 0.493 e. The number of carbonyl (C=O) groups excluding carboxylic acids is 1. The highest BCUT2D eigenvalue weighted by molar-refractivity contribution is 5.92. The van der Waals surface area contributed by atoms with Crippen molar-refractivity contribution in [1.82, 2.24) is 4.90 Å². The van der Waals surface area contributed by atoms with E-state index in [1.54, 1.807) is 6.07 Å². The summed E-state index contributed by atoms with van der Waals surface area (Å²) < 4.78 is 11.0. The topological polar surface area (TPSA) is 38.8 Å². The Kier molecular flexibility index (Phi) is 8.51. The molecule has 0 fully saturated rings. The van der Waals surface area contributed by atoms with Crippen LogP contribution in [-0.2, 0) is 4.74 Å². The molecule has 0 spiro atoms. The van der Waals surface area contributed by atoms with E-state index in [1.165, 1.54) is 0 Å². The molecule has 118 valence electrons. The highest BCUT2D eigenvalue weighted by Crippen LogP contribution is 2.19. The van der Waals surface area contributed by atoms with Gasteiger partial charge in [0.1, 0.15) is 17.9 Å². The van der Waals surface area contributed by atoms with Crippen molar-refractivity contribution in [2.75, 3.05) is 32.8 Å². The fourth-order valence-electron chi connectivity index (χ4n) is 1.97. The van der Waals surface area contributed by atoms with Crippen molar-refractivity contribution < 1.29 is 14.3 Å². The number of hydrogen-bond acceptors (Lipinski definition) is 4. The molecule has 0 unspecified atom stereocenters. The molecule has 1 rings (SSSR count). The lowest BCUT2D eigenvalue weighted by molar-refractivity contribution is 0.0462. The molecule has 1 aromatic carbocycles. The molecule has 0 aliphatic rings. The van der Waals surface area contributed by atoms with Gasteiger partial charge in [0.15, 0.2) is 0 Å². The zero-order valence-corrected chi connectivity index (χ0v) is 13.4. The highest BCUT2D eigenvalue weighted by Gasteiger charge is 2.13.